The second-order valence-corrected chi connectivity index (χ2v) is 11.0. The molecule has 0 radical (unpaired) electrons. The standard InChI is InChI=1S/C30H35ClF3N5O4/c1-19(30(32,33)34)43-26-9-8-22(15-24(26)31)29(42)36-23(16-35-28(41)18-39-11-3-12-39)14-20-4-6-21(7-5-20)25-17-38(2)27(37-25)10-13-40/h4-9,15,17,19,23,40H,3,10-14,16,18H2,1-2H3,(H,35,41)(H,36,42)/t19-,23+/m1/s1. The minimum atomic E-state index is -4.56. The molecule has 0 aliphatic carbocycles. The van der Waals surface area contributed by atoms with Crippen LogP contribution < -0.4 is 15.4 Å². The monoisotopic (exact) mass is 621 g/mol. The van der Waals surface area contributed by atoms with Crippen molar-refractivity contribution in [3.05, 3.63) is 70.6 Å². The highest BCUT2D eigenvalue weighted by Crippen LogP contribution is 2.30. The lowest BCUT2D eigenvalue weighted by atomic mass is 10.0. The van der Waals surface area contributed by atoms with Crippen LogP contribution in [0.25, 0.3) is 11.3 Å². The zero-order valence-corrected chi connectivity index (χ0v) is 24.7. The summed E-state index contributed by atoms with van der Waals surface area (Å²) in [5.41, 5.74) is 2.71. The van der Waals surface area contributed by atoms with E-state index in [2.05, 4.69) is 15.6 Å². The molecule has 4 rings (SSSR count). The van der Waals surface area contributed by atoms with Gasteiger partial charge in [0.15, 0.2) is 6.10 Å². The number of nitrogens with one attached hydrogen (secondary N) is 2. The van der Waals surface area contributed by atoms with E-state index in [1.54, 1.807) is 0 Å². The first-order chi connectivity index (χ1) is 20.4. The topological polar surface area (TPSA) is 109 Å². The van der Waals surface area contributed by atoms with Crippen LogP contribution in [0.4, 0.5) is 13.2 Å². The third-order valence-corrected chi connectivity index (χ3v) is 7.49. The zero-order valence-electron chi connectivity index (χ0n) is 24.0. The average molecular weight is 622 g/mol. The van der Waals surface area contributed by atoms with Gasteiger partial charge in [-0.3, -0.25) is 14.5 Å². The number of aliphatic hydroxyl groups excluding tert-OH is 1. The van der Waals surface area contributed by atoms with E-state index >= 15 is 0 Å². The Labute approximate surface area is 253 Å². The Hall–Kier alpha value is -3.61. The Balaban J connectivity index is 1.45. The number of carbonyl (C=O) groups excluding carboxylic acids is 2. The molecule has 13 heteroatoms. The van der Waals surface area contributed by atoms with E-state index in [9.17, 15) is 27.9 Å². The molecule has 0 saturated carbocycles. The number of alkyl halides is 3. The van der Waals surface area contributed by atoms with Crippen molar-refractivity contribution in [1.82, 2.24) is 25.1 Å². The fraction of sp³-hybridized carbons (Fsp3) is 0.433. The Morgan fingerprint density at radius 3 is 2.49 bits per heavy atom. The lowest BCUT2D eigenvalue weighted by molar-refractivity contribution is -0.189. The molecule has 0 spiro atoms. The van der Waals surface area contributed by atoms with Gasteiger partial charge >= 0.3 is 6.18 Å². The van der Waals surface area contributed by atoms with Crippen LogP contribution in [-0.2, 0) is 24.7 Å². The molecule has 0 unspecified atom stereocenters. The number of likely N-dealkylation sites (tertiary alicyclic amines) is 1. The highest BCUT2D eigenvalue weighted by atomic mass is 35.5. The molecule has 3 aromatic rings. The van der Waals surface area contributed by atoms with Gasteiger partial charge in [0, 0.05) is 37.3 Å². The minimum Gasteiger partial charge on any atom is -0.480 e. The van der Waals surface area contributed by atoms with Crippen molar-refractivity contribution in [1.29, 1.82) is 0 Å². The van der Waals surface area contributed by atoms with E-state index in [0.29, 0.717) is 12.8 Å². The lowest BCUT2D eigenvalue weighted by Gasteiger charge is -2.30. The Bertz CT molecular complexity index is 1410. The van der Waals surface area contributed by atoms with Crippen LogP contribution in [0.3, 0.4) is 0 Å². The lowest BCUT2D eigenvalue weighted by Crippen LogP contribution is -2.49. The summed E-state index contributed by atoms with van der Waals surface area (Å²) in [5, 5.41) is 14.9. The Morgan fingerprint density at radius 1 is 1.16 bits per heavy atom. The molecule has 232 valence electrons. The first-order valence-corrected chi connectivity index (χ1v) is 14.4. The predicted molar refractivity (Wildman–Crippen MR) is 156 cm³/mol. The van der Waals surface area contributed by atoms with Crippen molar-refractivity contribution in [3.63, 3.8) is 0 Å². The number of aryl methyl sites for hydroxylation is 1. The van der Waals surface area contributed by atoms with Crippen LogP contribution in [0, 0.1) is 0 Å². The second-order valence-electron chi connectivity index (χ2n) is 10.6. The number of halogens is 4. The summed E-state index contributed by atoms with van der Waals surface area (Å²) in [6.45, 7) is 3.08. The molecular formula is C30H35ClF3N5O4. The molecule has 1 aromatic heterocycles. The van der Waals surface area contributed by atoms with Gasteiger partial charge in [-0.15, -0.1) is 0 Å². The van der Waals surface area contributed by atoms with Gasteiger partial charge in [0.25, 0.3) is 5.91 Å². The van der Waals surface area contributed by atoms with Crippen LogP contribution in [0.2, 0.25) is 5.02 Å². The molecule has 3 N–H and O–H groups in total. The number of hydrogen-bond donors (Lipinski definition) is 3. The van der Waals surface area contributed by atoms with E-state index in [1.165, 1.54) is 18.2 Å². The summed E-state index contributed by atoms with van der Waals surface area (Å²) in [4.78, 5) is 32.2. The summed E-state index contributed by atoms with van der Waals surface area (Å²) in [6, 6.07) is 11.0. The zero-order chi connectivity index (χ0) is 31.1. The number of aromatic nitrogens is 2. The molecule has 9 nitrogen and oxygen atoms in total. The fourth-order valence-corrected chi connectivity index (χ4v) is 4.77. The first kappa shape index (κ1) is 32.3. The van der Waals surface area contributed by atoms with E-state index in [0.717, 1.165) is 49.1 Å². The molecule has 2 amide bonds. The predicted octanol–water partition coefficient (Wildman–Crippen LogP) is 3.77. The maximum absolute atomic E-state index is 13.2. The molecule has 2 atom stereocenters. The number of hydrogen-bond acceptors (Lipinski definition) is 6. The molecule has 2 aromatic carbocycles. The normalized spacial score (nSPS) is 15.0. The maximum Gasteiger partial charge on any atom is 0.425 e. The molecule has 1 aliphatic rings. The van der Waals surface area contributed by atoms with Crippen LogP contribution in [0.1, 0.15) is 35.1 Å². The number of benzene rings is 2. The highest BCUT2D eigenvalue weighted by molar-refractivity contribution is 6.32. The smallest absolute Gasteiger partial charge is 0.425 e. The van der Waals surface area contributed by atoms with Gasteiger partial charge in [0.05, 0.1) is 29.9 Å². The minimum absolute atomic E-state index is 0.00625. The highest BCUT2D eigenvalue weighted by Gasteiger charge is 2.38. The third kappa shape index (κ3) is 8.94. The SMILES string of the molecule is C[C@@H](Oc1ccc(C(=O)N[C@H](CNC(=O)CN2CCC2)Cc2ccc(-c3cn(C)c(CCO)n3)cc2)cc1Cl)C(F)(F)F. The molecule has 1 aliphatic heterocycles. The summed E-state index contributed by atoms with van der Waals surface area (Å²) in [5.74, 6) is -0.0606. The number of aliphatic hydroxyl groups is 1. The van der Waals surface area contributed by atoms with E-state index in [-0.39, 0.29) is 41.9 Å². The summed E-state index contributed by atoms with van der Waals surface area (Å²) in [7, 11) is 1.87. The second kappa shape index (κ2) is 14.2. The van der Waals surface area contributed by atoms with Crippen molar-refractivity contribution >= 4 is 23.4 Å². The summed E-state index contributed by atoms with van der Waals surface area (Å²) in [6.07, 6.45) is -2.84. The first-order valence-electron chi connectivity index (χ1n) is 14.0. The molecule has 1 fully saturated rings. The molecular weight excluding hydrogens is 587 g/mol. The van der Waals surface area contributed by atoms with Gasteiger partial charge in [-0.05, 0) is 56.6 Å². The Kier molecular flexibility index (Phi) is 10.7. The number of carbonyl (C=O) groups is 2. The van der Waals surface area contributed by atoms with Crippen molar-refractivity contribution in [3.8, 4) is 17.0 Å². The molecule has 1 saturated heterocycles. The van der Waals surface area contributed by atoms with Crippen LogP contribution >= 0.6 is 11.6 Å². The van der Waals surface area contributed by atoms with Gasteiger partial charge in [-0.25, -0.2) is 4.98 Å². The number of ether oxygens (including phenoxy) is 1. The number of amides is 2. The van der Waals surface area contributed by atoms with Crippen LogP contribution in [0.5, 0.6) is 5.75 Å². The maximum atomic E-state index is 13.2. The summed E-state index contributed by atoms with van der Waals surface area (Å²) >= 11 is 6.15. The van der Waals surface area contributed by atoms with Gasteiger partial charge < -0.3 is 25.0 Å². The molecule has 43 heavy (non-hydrogen) atoms. The average Bonchev–Trinajstić information content (AvgIpc) is 3.30. The number of imidazole rings is 1. The quantitative estimate of drug-likeness (QED) is 0.268. The van der Waals surface area contributed by atoms with Crippen molar-refractivity contribution in [2.24, 2.45) is 7.05 Å². The number of rotatable bonds is 13. The van der Waals surface area contributed by atoms with E-state index in [1.807, 2.05) is 47.0 Å². The largest absolute Gasteiger partial charge is 0.480 e. The Morgan fingerprint density at radius 2 is 1.88 bits per heavy atom. The van der Waals surface area contributed by atoms with Crippen LogP contribution in [0.15, 0.2) is 48.7 Å². The van der Waals surface area contributed by atoms with E-state index < -0.39 is 24.2 Å². The van der Waals surface area contributed by atoms with Crippen LogP contribution in [-0.4, -0.2) is 82.5 Å². The summed E-state index contributed by atoms with van der Waals surface area (Å²) < 4.78 is 45.5. The van der Waals surface area contributed by atoms with Gasteiger partial charge in [0.1, 0.15) is 11.6 Å². The molecule has 2 heterocycles. The van der Waals surface area contributed by atoms with E-state index in [4.69, 9.17) is 16.3 Å². The van der Waals surface area contributed by atoms with Gasteiger partial charge in [-0.2, -0.15) is 13.2 Å². The van der Waals surface area contributed by atoms with Crippen molar-refractivity contribution in [2.45, 2.75) is 44.5 Å². The third-order valence-electron chi connectivity index (χ3n) is 7.20. The number of nitrogens with zero attached hydrogens (tertiary/aromatic N) is 3. The van der Waals surface area contributed by atoms with Gasteiger partial charge in [0.2, 0.25) is 5.91 Å². The van der Waals surface area contributed by atoms with Crippen molar-refractivity contribution < 1.29 is 32.6 Å². The van der Waals surface area contributed by atoms with Crippen molar-refractivity contribution in [2.75, 3.05) is 32.8 Å². The fourth-order valence-electron chi connectivity index (χ4n) is 4.55. The molecule has 0 bridgehead atoms. The van der Waals surface area contributed by atoms with Gasteiger partial charge in [-0.1, -0.05) is 35.9 Å².